The van der Waals surface area contributed by atoms with Crippen molar-refractivity contribution in [1.82, 2.24) is 10.2 Å². The van der Waals surface area contributed by atoms with Crippen molar-refractivity contribution in [2.24, 2.45) is 11.8 Å². The van der Waals surface area contributed by atoms with E-state index in [1.165, 1.54) is 19.3 Å². The minimum absolute atomic E-state index is 0.138. The number of amides is 1. The SMILES string of the molecule is CC(C)C(C)C(=O)N(C)CCC1CCCCN1. The van der Waals surface area contributed by atoms with Gasteiger partial charge in [-0.25, -0.2) is 0 Å². The van der Waals surface area contributed by atoms with Crippen LogP contribution in [0.2, 0.25) is 0 Å². The lowest BCUT2D eigenvalue weighted by molar-refractivity contribution is -0.135. The van der Waals surface area contributed by atoms with Crippen LogP contribution in [0.5, 0.6) is 0 Å². The number of hydrogen-bond donors (Lipinski definition) is 1. The van der Waals surface area contributed by atoms with E-state index < -0.39 is 0 Å². The second-order valence-electron chi connectivity index (χ2n) is 5.73. The van der Waals surface area contributed by atoms with E-state index in [1.54, 1.807) is 0 Å². The second-order valence-corrected chi connectivity index (χ2v) is 5.73. The molecule has 0 aliphatic carbocycles. The summed E-state index contributed by atoms with van der Waals surface area (Å²) in [6.07, 6.45) is 4.99. The van der Waals surface area contributed by atoms with Crippen molar-refractivity contribution in [2.45, 2.75) is 52.5 Å². The molecule has 0 saturated carbocycles. The standard InChI is InChI=1S/C14H28N2O/c1-11(2)12(3)14(17)16(4)10-8-13-7-5-6-9-15-13/h11-13,15H,5-10H2,1-4H3. The van der Waals surface area contributed by atoms with Crippen LogP contribution in [0.25, 0.3) is 0 Å². The van der Waals surface area contributed by atoms with Gasteiger partial charge in [0.15, 0.2) is 0 Å². The normalized spacial score (nSPS) is 22.5. The average molecular weight is 240 g/mol. The van der Waals surface area contributed by atoms with Crippen LogP contribution < -0.4 is 5.32 Å². The molecule has 1 fully saturated rings. The molecule has 1 rings (SSSR count). The van der Waals surface area contributed by atoms with E-state index in [0.717, 1.165) is 19.5 Å². The monoisotopic (exact) mass is 240 g/mol. The third kappa shape index (κ3) is 4.66. The summed E-state index contributed by atoms with van der Waals surface area (Å²) >= 11 is 0. The van der Waals surface area contributed by atoms with Gasteiger partial charge in [-0.05, 0) is 31.7 Å². The Labute approximate surface area is 106 Å². The zero-order chi connectivity index (χ0) is 12.8. The quantitative estimate of drug-likeness (QED) is 0.799. The Kier molecular flexibility index (Phi) is 5.96. The van der Waals surface area contributed by atoms with Gasteiger partial charge in [-0.15, -0.1) is 0 Å². The molecule has 0 aromatic rings. The van der Waals surface area contributed by atoms with Crippen LogP contribution in [-0.4, -0.2) is 37.0 Å². The maximum absolute atomic E-state index is 12.1. The number of rotatable bonds is 5. The molecule has 0 aromatic carbocycles. The van der Waals surface area contributed by atoms with E-state index in [9.17, 15) is 4.79 Å². The fourth-order valence-electron chi connectivity index (χ4n) is 2.26. The van der Waals surface area contributed by atoms with Gasteiger partial charge >= 0.3 is 0 Å². The van der Waals surface area contributed by atoms with Crippen LogP contribution in [-0.2, 0) is 4.79 Å². The molecule has 3 nitrogen and oxygen atoms in total. The van der Waals surface area contributed by atoms with Crippen LogP contribution in [0.4, 0.5) is 0 Å². The summed E-state index contributed by atoms with van der Waals surface area (Å²) in [7, 11) is 1.93. The number of hydrogen-bond acceptors (Lipinski definition) is 2. The van der Waals surface area contributed by atoms with Gasteiger partial charge in [0.2, 0.25) is 5.91 Å². The molecule has 1 N–H and O–H groups in total. The highest BCUT2D eigenvalue weighted by Crippen LogP contribution is 2.14. The minimum atomic E-state index is 0.138. The fraction of sp³-hybridized carbons (Fsp3) is 0.929. The topological polar surface area (TPSA) is 32.3 Å². The number of nitrogens with one attached hydrogen (secondary N) is 1. The number of carbonyl (C=O) groups excluding carboxylic acids is 1. The van der Waals surface area contributed by atoms with Crippen molar-refractivity contribution in [3.8, 4) is 0 Å². The van der Waals surface area contributed by atoms with Gasteiger partial charge in [0.25, 0.3) is 0 Å². The molecule has 1 aliphatic heterocycles. The fourth-order valence-corrected chi connectivity index (χ4v) is 2.26. The summed E-state index contributed by atoms with van der Waals surface area (Å²) in [4.78, 5) is 14.0. The first-order valence-corrected chi connectivity index (χ1v) is 7.00. The molecule has 0 radical (unpaired) electrons. The maximum Gasteiger partial charge on any atom is 0.225 e. The summed E-state index contributed by atoms with van der Waals surface area (Å²) in [5.41, 5.74) is 0. The highest BCUT2D eigenvalue weighted by Gasteiger charge is 2.21. The Bertz CT molecular complexity index is 234. The molecule has 1 saturated heterocycles. The summed E-state index contributed by atoms with van der Waals surface area (Å²) in [6, 6.07) is 0.619. The third-order valence-corrected chi connectivity index (χ3v) is 3.99. The minimum Gasteiger partial charge on any atom is -0.345 e. The summed E-state index contributed by atoms with van der Waals surface area (Å²) in [5, 5.41) is 3.53. The molecular weight excluding hydrogens is 212 g/mol. The molecule has 1 amide bonds. The zero-order valence-corrected chi connectivity index (χ0v) is 11.8. The van der Waals surface area contributed by atoms with Crippen molar-refractivity contribution in [3.05, 3.63) is 0 Å². The van der Waals surface area contributed by atoms with Crippen molar-refractivity contribution in [3.63, 3.8) is 0 Å². The third-order valence-electron chi connectivity index (χ3n) is 3.99. The van der Waals surface area contributed by atoms with Gasteiger partial charge in [-0.3, -0.25) is 4.79 Å². The van der Waals surface area contributed by atoms with Crippen LogP contribution in [0, 0.1) is 11.8 Å². The second kappa shape index (κ2) is 7.00. The van der Waals surface area contributed by atoms with E-state index in [4.69, 9.17) is 0 Å². The Morgan fingerprint density at radius 2 is 2.06 bits per heavy atom. The summed E-state index contributed by atoms with van der Waals surface area (Å²) in [5.74, 6) is 0.855. The van der Waals surface area contributed by atoms with E-state index in [-0.39, 0.29) is 11.8 Å². The van der Waals surface area contributed by atoms with Crippen molar-refractivity contribution in [2.75, 3.05) is 20.1 Å². The Morgan fingerprint density at radius 3 is 2.59 bits per heavy atom. The first kappa shape index (κ1) is 14.5. The molecule has 3 heteroatoms. The largest absolute Gasteiger partial charge is 0.345 e. The zero-order valence-electron chi connectivity index (χ0n) is 11.8. The molecule has 1 aliphatic rings. The van der Waals surface area contributed by atoms with E-state index >= 15 is 0 Å². The highest BCUT2D eigenvalue weighted by atomic mass is 16.2. The first-order valence-electron chi connectivity index (χ1n) is 7.00. The van der Waals surface area contributed by atoms with Crippen molar-refractivity contribution < 1.29 is 4.79 Å². The van der Waals surface area contributed by atoms with E-state index in [1.807, 2.05) is 18.9 Å². The van der Waals surface area contributed by atoms with Crippen LogP contribution in [0.3, 0.4) is 0 Å². The van der Waals surface area contributed by atoms with Gasteiger partial charge in [0, 0.05) is 25.6 Å². The molecular formula is C14H28N2O. The van der Waals surface area contributed by atoms with Crippen LogP contribution >= 0.6 is 0 Å². The lowest BCUT2D eigenvalue weighted by Gasteiger charge is -2.28. The Balaban J connectivity index is 2.28. The van der Waals surface area contributed by atoms with Crippen LogP contribution in [0.1, 0.15) is 46.5 Å². The van der Waals surface area contributed by atoms with Crippen LogP contribution in [0.15, 0.2) is 0 Å². The predicted octanol–water partition coefficient (Wildman–Crippen LogP) is 2.27. The molecule has 2 atom stereocenters. The summed E-state index contributed by atoms with van der Waals surface area (Å²) < 4.78 is 0. The molecule has 0 spiro atoms. The molecule has 0 aromatic heterocycles. The van der Waals surface area contributed by atoms with Gasteiger partial charge < -0.3 is 10.2 Å². The molecule has 17 heavy (non-hydrogen) atoms. The summed E-state index contributed by atoms with van der Waals surface area (Å²) in [6.45, 7) is 8.28. The lowest BCUT2D eigenvalue weighted by Crippen LogP contribution is -2.40. The van der Waals surface area contributed by atoms with Gasteiger partial charge in [0.05, 0.1) is 0 Å². The number of nitrogens with zero attached hydrogens (tertiary/aromatic N) is 1. The van der Waals surface area contributed by atoms with Gasteiger partial charge in [0.1, 0.15) is 0 Å². The van der Waals surface area contributed by atoms with Gasteiger partial charge in [-0.2, -0.15) is 0 Å². The molecule has 1 heterocycles. The highest BCUT2D eigenvalue weighted by molar-refractivity contribution is 5.78. The number of carbonyl (C=O) groups is 1. The Hall–Kier alpha value is -0.570. The maximum atomic E-state index is 12.1. The van der Waals surface area contributed by atoms with Crippen molar-refractivity contribution in [1.29, 1.82) is 0 Å². The molecule has 0 bridgehead atoms. The molecule has 100 valence electrons. The Morgan fingerprint density at radius 1 is 1.35 bits per heavy atom. The van der Waals surface area contributed by atoms with Crippen molar-refractivity contribution >= 4 is 5.91 Å². The van der Waals surface area contributed by atoms with E-state index in [0.29, 0.717) is 12.0 Å². The molecule has 2 unspecified atom stereocenters. The first-order chi connectivity index (χ1) is 8.02. The number of piperidine rings is 1. The van der Waals surface area contributed by atoms with Gasteiger partial charge in [-0.1, -0.05) is 27.2 Å². The van der Waals surface area contributed by atoms with E-state index in [2.05, 4.69) is 19.2 Å². The lowest BCUT2D eigenvalue weighted by atomic mass is 9.96. The average Bonchev–Trinajstić information content (AvgIpc) is 2.35. The predicted molar refractivity (Wildman–Crippen MR) is 71.9 cm³/mol. The smallest absolute Gasteiger partial charge is 0.225 e.